The van der Waals surface area contributed by atoms with Gasteiger partial charge >= 0.3 is 0 Å². The number of halogens is 1. The van der Waals surface area contributed by atoms with Gasteiger partial charge in [0, 0.05) is 5.38 Å². The Labute approximate surface area is 81.7 Å². The highest BCUT2D eigenvalue weighted by Gasteiger charge is 2.05. The van der Waals surface area contributed by atoms with Crippen LogP contribution in [0.3, 0.4) is 0 Å². The Hall–Kier alpha value is 0.290. The predicted molar refractivity (Wildman–Crippen MR) is 55.8 cm³/mol. The Balaban J connectivity index is 2.13. The van der Waals surface area contributed by atoms with Crippen molar-refractivity contribution >= 4 is 11.6 Å². The van der Waals surface area contributed by atoms with Crippen LogP contribution in [0.15, 0.2) is 0 Å². The Kier molecular flexibility index (Phi) is 5.85. The van der Waals surface area contributed by atoms with Crippen molar-refractivity contribution in [3.63, 3.8) is 0 Å². The van der Waals surface area contributed by atoms with E-state index in [-0.39, 0.29) is 0 Å². The van der Waals surface area contributed by atoms with Crippen LogP contribution in [-0.4, -0.2) is 5.38 Å². The smallest absolute Gasteiger partial charge is 0.0336 e. The Morgan fingerprint density at radius 2 is 0.917 bits per heavy atom. The molecule has 1 saturated carbocycles. The molecule has 0 unspecified atom stereocenters. The molecule has 0 spiro atoms. The standard InChI is InChI=1S/C11H21Cl/c12-11-9-7-5-3-1-2-4-6-8-10-11/h11H,1-10H2. The van der Waals surface area contributed by atoms with Crippen LogP contribution in [0.1, 0.15) is 64.2 Å². The van der Waals surface area contributed by atoms with Crippen LogP contribution >= 0.6 is 11.6 Å². The van der Waals surface area contributed by atoms with Gasteiger partial charge in [0.15, 0.2) is 0 Å². The van der Waals surface area contributed by atoms with Crippen molar-refractivity contribution in [1.82, 2.24) is 0 Å². The summed E-state index contributed by atoms with van der Waals surface area (Å²) in [5, 5.41) is 0.475. The largest absolute Gasteiger partial charge is 0.123 e. The van der Waals surface area contributed by atoms with Crippen molar-refractivity contribution in [3.05, 3.63) is 0 Å². The Bertz CT molecular complexity index is 89.2. The first kappa shape index (κ1) is 10.4. The van der Waals surface area contributed by atoms with Gasteiger partial charge in [-0.15, -0.1) is 11.6 Å². The third-order valence-electron chi connectivity index (χ3n) is 2.78. The summed E-state index contributed by atoms with van der Waals surface area (Å²) in [6, 6.07) is 0. The second-order valence-corrected chi connectivity index (χ2v) is 4.62. The first-order valence-electron chi connectivity index (χ1n) is 5.53. The van der Waals surface area contributed by atoms with E-state index in [1.165, 1.54) is 64.2 Å². The van der Waals surface area contributed by atoms with E-state index in [1.54, 1.807) is 0 Å². The van der Waals surface area contributed by atoms with Crippen LogP contribution in [0.5, 0.6) is 0 Å². The summed E-state index contributed by atoms with van der Waals surface area (Å²) in [5.41, 5.74) is 0. The molecule has 0 nitrogen and oxygen atoms in total. The van der Waals surface area contributed by atoms with Crippen LogP contribution in [0.25, 0.3) is 0 Å². The van der Waals surface area contributed by atoms with Crippen molar-refractivity contribution in [2.45, 2.75) is 69.6 Å². The summed E-state index contributed by atoms with van der Waals surface area (Å²) in [4.78, 5) is 0. The van der Waals surface area contributed by atoms with Crippen LogP contribution in [-0.2, 0) is 0 Å². The van der Waals surface area contributed by atoms with Crippen LogP contribution in [0.4, 0.5) is 0 Å². The van der Waals surface area contributed by atoms with Gasteiger partial charge in [0.2, 0.25) is 0 Å². The lowest BCUT2D eigenvalue weighted by molar-refractivity contribution is 0.585. The van der Waals surface area contributed by atoms with E-state index in [2.05, 4.69) is 0 Å². The van der Waals surface area contributed by atoms with Crippen LogP contribution in [0.2, 0.25) is 0 Å². The molecule has 1 rings (SSSR count). The fourth-order valence-corrected chi connectivity index (χ4v) is 2.25. The maximum Gasteiger partial charge on any atom is 0.0336 e. The summed E-state index contributed by atoms with van der Waals surface area (Å²) >= 11 is 6.17. The first-order valence-corrected chi connectivity index (χ1v) is 5.97. The highest BCUT2D eigenvalue weighted by Crippen LogP contribution is 2.19. The zero-order chi connectivity index (χ0) is 8.65. The molecule has 1 fully saturated rings. The van der Waals surface area contributed by atoms with E-state index < -0.39 is 0 Å². The molecule has 12 heavy (non-hydrogen) atoms. The summed E-state index contributed by atoms with van der Waals surface area (Å²) in [6.45, 7) is 0. The summed E-state index contributed by atoms with van der Waals surface area (Å²) in [5.74, 6) is 0. The van der Waals surface area contributed by atoms with Crippen molar-refractivity contribution in [3.8, 4) is 0 Å². The van der Waals surface area contributed by atoms with Crippen LogP contribution < -0.4 is 0 Å². The third-order valence-corrected chi connectivity index (χ3v) is 3.22. The highest BCUT2D eigenvalue weighted by molar-refractivity contribution is 6.20. The molecule has 0 atom stereocenters. The normalized spacial score (nSPS) is 24.8. The topological polar surface area (TPSA) is 0 Å². The SMILES string of the molecule is ClC1CCCCCCCCCC1. The van der Waals surface area contributed by atoms with E-state index >= 15 is 0 Å². The van der Waals surface area contributed by atoms with E-state index in [9.17, 15) is 0 Å². The van der Waals surface area contributed by atoms with Gasteiger partial charge in [-0.2, -0.15) is 0 Å². The van der Waals surface area contributed by atoms with E-state index in [1.807, 2.05) is 0 Å². The maximum absolute atomic E-state index is 6.17. The summed E-state index contributed by atoms with van der Waals surface area (Å²) < 4.78 is 0. The predicted octanol–water partition coefficient (Wildman–Crippen LogP) is 4.51. The van der Waals surface area contributed by atoms with E-state index in [0.717, 1.165) is 0 Å². The zero-order valence-corrected chi connectivity index (χ0v) is 8.78. The van der Waals surface area contributed by atoms with Gasteiger partial charge in [-0.25, -0.2) is 0 Å². The number of alkyl halides is 1. The minimum atomic E-state index is 0.475. The van der Waals surface area contributed by atoms with Gasteiger partial charge < -0.3 is 0 Å². The van der Waals surface area contributed by atoms with Crippen molar-refractivity contribution in [2.75, 3.05) is 0 Å². The molecule has 0 bridgehead atoms. The van der Waals surface area contributed by atoms with Gasteiger partial charge in [0.05, 0.1) is 0 Å². The minimum absolute atomic E-state index is 0.475. The second kappa shape index (κ2) is 6.77. The Morgan fingerprint density at radius 1 is 0.583 bits per heavy atom. The van der Waals surface area contributed by atoms with E-state index in [4.69, 9.17) is 11.6 Å². The molecule has 0 aromatic rings. The van der Waals surface area contributed by atoms with E-state index in [0.29, 0.717) is 5.38 Å². The maximum atomic E-state index is 6.17. The lowest BCUT2D eigenvalue weighted by atomic mass is 10.1. The van der Waals surface area contributed by atoms with Crippen LogP contribution in [0, 0.1) is 0 Å². The molecule has 1 aliphatic rings. The molecule has 0 aliphatic heterocycles. The molecule has 0 aromatic heterocycles. The molecule has 0 saturated heterocycles. The summed E-state index contributed by atoms with van der Waals surface area (Å²) in [6.07, 6.45) is 13.8. The third kappa shape index (κ3) is 5.03. The first-order chi connectivity index (χ1) is 5.89. The highest BCUT2D eigenvalue weighted by atomic mass is 35.5. The monoisotopic (exact) mass is 188 g/mol. The van der Waals surface area contributed by atoms with Gasteiger partial charge in [0.25, 0.3) is 0 Å². The van der Waals surface area contributed by atoms with Crippen molar-refractivity contribution in [2.24, 2.45) is 0 Å². The van der Waals surface area contributed by atoms with Gasteiger partial charge in [-0.3, -0.25) is 0 Å². The van der Waals surface area contributed by atoms with Crippen molar-refractivity contribution in [1.29, 1.82) is 0 Å². The van der Waals surface area contributed by atoms with Crippen molar-refractivity contribution < 1.29 is 0 Å². The summed E-state index contributed by atoms with van der Waals surface area (Å²) in [7, 11) is 0. The zero-order valence-electron chi connectivity index (χ0n) is 8.03. The second-order valence-electron chi connectivity index (χ2n) is 4.00. The number of hydrogen-bond acceptors (Lipinski definition) is 0. The molecule has 0 heterocycles. The quantitative estimate of drug-likeness (QED) is 0.491. The van der Waals surface area contributed by atoms with Gasteiger partial charge in [0.1, 0.15) is 0 Å². The molecule has 0 radical (unpaired) electrons. The lowest BCUT2D eigenvalue weighted by Gasteiger charge is -2.06. The lowest BCUT2D eigenvalue weighted by Crippen LogP contribution is -1.97. The molecule has 0 aromatic carbocycles. The average molecular weight is 189 g/mol. The molecular formula is C11H21Cl. The minimum Gasteiger partial charge on any atom is -0.123 e. The number of rotatable bonds is 0. The molecule has 1 aliphatic carbocycles. The fourth-order valence-electron chi connectivity index (χ4n) is 1.94. The molecule has 0 amide bonds. The van der Waals surface area contributed by atoms with Gasteiger partial charge in [-0.05, 0) is 12.8 Å². The number of hydrogen-bond donors (Lipinski definition) is 0. The molecule has 0 N–H and O–H groups in total. The molecular weight excluding hydrogens is 168 g/mol. The average Bonchev–Trinajstić information content (AvgIpc) is 2.11. The molecule has 72 valence electrons. The Morgan fingerprint density at radius 3 is 1.33 bits per heavy atom. The van der Waals surface area contributed by atoms with Gasteiger partial charge in [-0.1, -0.05) is 51.4 Å². The molecule has 1 heteroatoms. The fraction of sp³-hybridized carbons (Fsp3) is 1.00.